The number of methoxy groups -OCH3 is 1. The van der Waals surface area contributed by atoms with Gasteiger partial charge < -0.3 is 14.8 Å². The number of hydrogen-bond acceptors (Lipinski definition) is 8. The molecule has 1 amide bonds. The molecule has 8 nitrogen and oxygen atoms in total. The lowest BCUT2D eigenvalue weighted by atomic mass is 10.2. The number of nitrogens with zero attached hydrogens (tertiary/aromatic N) is 2. The van der Waals surface area contributed by atoms with E-state index in [0.29, 0.717) is 27.6 Å². The lowest BCUT2D eigenvalue weighted by Crippen LogP contribution is -2.25. The molecule has 0 atom stereocenters. The SMILES string of the molecule is CCOC(=O)c1nn(-c2ccc(OC)cc2)c(=O)c2c(NC(=O)CSCc3ccccc3)scc12. The second kappa shape index (κ2) is 11.2. The van der Waals surface area contributed by atoms with Gasteiger partial charge in [0.05, 0.1) is 30.5 Å². The molecule has 0 aliphatic heterocycles. The van der Waals surface area contributed by atoms with E-state index in [9.17, 15) is 14.4 Å². The molecule has 0 aliphatic carbocycles. The molecule has 4 aromatic rings. The predicted octanol–water partition coefficient (Wildman–Crippen LogP) is 4.50. The quantitative estimate of drug-likeness (QED) is 0.332. The van der Waals surface area contributed by atoms with Crippen LogP contribution in [0.25, 0.3) is 16.5 Å². The van der Waals surface area contributed by atoms with E-state index in [1.807, 2.05) is 30.3 Å². The van der Waals surface area contributed by atoms with Gasteiger partial charge in [-0.15, -0.1) is 23.1 Å². The summed E-state index contributed by atoms with van der Waals surface area (Å²) in [6, 6.07) is 16.6. The van der Waals surface area contributed by atoms with Crippen molar-refractivity contribution in [3.8, 4) is 11.4 Å². The molecule has 0 spiro atoms. The normalized spacial score (nSPS) is 10.8. The number of amides is 1. The molecule has 2 aromatic carbocycles. The van der Waals surface area contributed by atoms with Gasteiger partial charge in [-0.1, -0.05) is 30.3 Å². The van der Waals surface area contributed by atoms with E-state index in [-0.39, 0.29) is 29.3 Å². The minimum absolute atomic E-state index is 0.00692. The van der Waals surface area contributed by atoms with E-state index < -0.39 is 11.5 Å². The molecule has 0 saturated heterocycles. The molecule has 1 N–H and O–H groups in total. The molecule has 0 unspecified atom stereocenters. The maximum absolute atomic E-state index is 13.4. The third kappa shape index (κ3) is 5.55. The Kier molecular flexibility index (Phi) is 7.84. The lowest BCUT2D eigenvalue weighted by Gasteiger charge is -2.10. The second-order valence-electron chi connectivity index (χ2n) is 7.36. The number of aromatic nitrogens is 2. The van der Waals surface area contributed by atoms with Gasteiger partial charge in [-0.25, -0.2) is 4.79 Å². The van der Waals surface area contributed by atoms with Crippen molar-refractivity contribution in [2.24, 2.45) is 0 Å². The van der Waals surface area contributed by atoms with E-state index in [2.05, 4.69) is 10.4 Å². The third-order valence-electron chi connectivity index (χ3n) is 5.04. The number of hydrogen-bond donors (Lipinski definition) is 1. The highest BCUT2D eigenvalue weighted by Crippen LogP contribution is 2.31. The van der Waals surface area contributed by atoms with Gasteiger partial charge in [-0.2, -0.15) is 9.78 Å². The van der Waals surface area contributed by atoms with E-state index >= 15 is 0 Å². The molecule has 0 bridgehead atoms. The Bertz CT molecular complexity index is 1400. The zero-order chi connectivity index (χ0) is 24.8. The number of ether oxygens (including phenoxy) is 2. The number of fused-ring (bicyclic) bond motifs is 1. The van der Waals surface area contributed by atoms with Crippen LogP contribution < -0.4 is 15.6 Å². The summed E-state index contributed by atoms with van der Waals surface area (Å²) in [5.41, 5.74) is 1.13. The van der Waals surface area contributed by atoms with E-state index in [1.165, 1.54) is 23.1 Å². The van der Waals surface area contributed by atoms with Crippen molar-refractivity contribution in [3.63, 3.8) is 0 Å². The maximum atomic E-state index is 13.4. The van der Waals surface area contributed by atoms with Gasteiger partial charge >= 0.3 is 5.97 Å². The van der Waals surface area contributed by atoms with Crippen LogP contribution in [-0.4, -0.2) is 41.1 Å². The summed E-state index contributed by atoms with van der Waals surface area (Å²) in [5.74, 6) is 0.649. The first-order valence-electron chi connectivity index (χ1n) is 10.8. The Hall–Kier alpha value is -3.63. The zero-order valence-corrected chi connectivity index (χ0v) is 20.8. The molecule has 0 aliphatic rings. The number of anilines is 1. The monoisotopic (exact) mass is 509 g/mol. The summed E-state index contributed by atoms with van der Waals surface area (Å²) < 4.78 is 11.5. The van der Waals surface area contributed by atoms with Crippen LogP contribution in [0.3, 0.4) is 0 Å². The first-order chi connectivity index (χ1) is 17.0. The van der Waals surface area contributed by atoms with Crippen molar-refractivity contribution in [2.45, 2.75) is 12.7 Å². The minimum atomic E-state index is -0.645. The Labute approximate surface area is 209 Å². The van der Waals surface area contributed by atoms with Crippen molar-refractivity contribution >= 4 is 50.7 Å². The third-order valence-corrected chi connectivity index (χ3v) is 6.94. The number of carbonyl (C=O) groups excluding carboxylic acids is 2. The molecule has 2 heterocycles. The molecular formula is C25H23N3O5S2. The molecular weight excluding hydrogens is 486 g/mol. The van der Waals surface area contributed by atoms with Crippen molar-refractivity contribution in [3.05, 3.63) is 81.6 Å². The van der Waals surface area contributed by atoms with Crippen molar-refractivity contribution in [1.82, 2.24) is 9.78 Å². The fourth-order valence-electron chi connectivity index (χ4n) is 3.39. The number of rotatable bonds is 9. The highest BCUT2D eigenvalue weighted by atomic mass is 32.2. The molecule has 0 radical (unpaired) electrons. The molecule has 2 aromatic heterocycles. The molecule has 4 rings (SSSR count). The number of esters is 1. The molecule has 0 saturated carbocycles. The Balaban J connectivity index is 1.66. The van der Waals surface area contributed by atoms with Crippen molar-refractivity contribution < 1.29 is 19.1 Å². The topological polar surface area (TPSA) is 99.5 Å². The lowest BCUT2D eigenvalue weighted by molar-refractivity contribution is -0.113. The van der Waals surface area contributed by atoms with Gasteiger partial charge in [0.15, 0.2) is 5.69 Å². The van der Waals surface area contributed by atoms with E-state index in [0.717, 1.165) is 10.2 Å². The second-order valence-corrected chi connectivity index (χ2v) is 9.23. The smallest absolute Gasteiger partial charge is 0.359 e. The number of carbonyl (C=O) groups is 2. The molecule has 180 valence electrons. The van der Waals surface area contributed by atoms with Crippen LogP contribution in [0.15, 0.2) is 64.8 Å². The van der Waals surface area contributed by atoms with E-state index in [4.69, 9.17) is 9.47 Å². The Morgan fingerprint density at radius 1 is 1.11 bits per heavy atom. The average Bonchev–Trinajstić information content (AvgIpc) is 3.29. The fourth-order valence-corrected chi connectivity index (χ4v) is 5.13. The van der Waals surface area contributed by atoms with Crippen LogP contribution in [0, 0.1) is 0 Å². The van der Waals surface area contributed by atoms with Crippen LogP contribution >= 0.6 is 23.1 Å². The van der Waals surface area contributed by atoms with E-state index in [1.54, 1.807) is 43.7 Å². The maximum Gasteiger partial charge on any atom is 0.359 e. The standard InChI is InChI=1S/C25H23N3O5S2/c1-3-33-25(31)22-19-14-35-23(26-20(29)15-34-13-16-7-5-4-6-8-16)21(19)24(30)28(27-22)17-9-11-18(32-2)12-10-17/h4-12,14H,3,13,15H2,1-2H3,(H,26,29). The van der Waals surface area contributed by atoms with Crippen LogP contribution in [0.4, 0.5) is 5.00 Å². The number of thiophene rings is 1. The van der Waals surface area contributed by atoms with Crippen molar-refractivity contribution in [2.75, 3.05) is 24.8 Å². The number of benzene rings is 2. The molecule has 35 heavy (non-hydrogen) atoms. The van der Waals surface area contributed by atoms with Gasteiger partial charge in [-0.05, 0) is 36.8 Å². The van der Waals surface area contributed by atoms with Gasteiger partial charge in [0, 0.05) is 16.5 Å². The fraction of sp³-hybridized carbons (Fsp3) is 0.200. The molecule has 0 fully saturated rings. The Morgan fingerprint density at radius 3 is 2.54 bits per heavy atom. The van der Waals surface area contributed by atoms with Crippen LogP contribution in [0.2, 0.25) is 0 Å². The number of thioether (sulfide) groups is 1. The summed E-state index contributed by atoms with van der Waals surface area (Å²) in [6.45, 7) is 1.86. The first-order valence-corrected chi connectivity index (χ1v) is 12.8. The predicted molar refractivity (Wildman–Crippen MR) is 139 cm³/mol. The highest BCUT2D eigenvalue weighted by Gasteiger charge is 2.23. The van der Waals surface area contributed by atoms with Gasteiger partial charge in [0.2, 0.25) is 5.91 Å². The van der Waals surface area contributed by atoms with Gasteiger partial charge in [0.1, 0.15) is 10.8 Å². The zero-order valence-electron chi connectivity index (χ0n) is 19.1. The average molecular weight is 510 g/mol. The van der Waals surface area contributed by atoms with Crippen LogP contribution in [0.1, 0.15) is 23.0 Å². The summed E-state index contributed by atoms with van der Waals surface area (Å²) in [6.07, 6.45) is 0. The summed E-state index contributed by atoms with van der Waals surface area (Å²) >= 11 is 2.65. The Morgan fingerprint density at radius 2 is 1.86 bits per heavy atom. The largest absolute Gasteiger partial charge is 0.497 e. The highest BCUT2D eigenvalue weighted by molar-refractivity contribution is 7.99. The van der Waals surface area contributed by atoms with Crippen LogP contribution in [-0.2, 0) is 15.3 Å². The van der Waals surface area contributed by atoms with Gasteiger partial charge in [0.25, 0.3) is 5.56 Å². The minimum Gasteiger partial charge on any atom is -0.497 e. The van der Waals surface area contributed by atoms with Gasteiger partial charge in [-0.3, -0.25) is 9.59 Å². The summed E-state index contributed by atoms with van der Waals surface area (Å²) in [5, 5.41) is 9.69. The van der Waals surface area contributed by atoms with Crippen LogP contribution in [0.5, 0.6) is 5.75 Å². The summed E-state index contributed by atoms with van der Waals surface area (Å²) in [4.78, 5) is 38.7. The van der Waals surface area contributed by atoms with Crippen molar-refractivity contribution in [1.29, 1.82) is 0 Å². The molecule has 10 heteroatoms. The summed E-state index contributed by atoms with van der Waals surface area (Å²) in [7, 11) is 1.54. The first kappa shape index (κ1) is 24.5. The number of nitrogens with one attached hydrogen (secondary N) is 1.